The molecule has 3 atom stereocenters. The van der Waals surface area contributed by atoms with E-state index in [4.69, 9.17) is 0 Å². The highest BCUT2D eigenvalue weighted by Gasteiger charge is 2.52. The molecule has 1 amide bonds. The zero-order valence-electron chi connectivity index (χ0n) is 18.1. The van der Waals surface area contributed by atoms with Crippen LogP contribution in [0.3, 0.4) is 0 Å². The number of aryl methyl sites for hydroxylation is 1. The van der Waals surface area contributed by atoms with Gasteiger partial charge in [-0.25, -0.2) is 4.79 Å². The Morgan fingerprint density at radius 3 is 2.87 bits per heavy atom. The molecule has 0 bridgehead atoms. The van der Waals surface area contributed by atoms with Crippen LogP contribution in [0.2, 0.25) is 0 Å². The van der Waals surface area contributed by atoms with Gasteiger partial charge in [-0.2, -0.15) is 8.78 Å². The van der Waals surface area contributed by atoms with E-state index in [0.29, 0.717) is 24.1 Å². The molecule has 0 unspecified atom stereocenters. The number of halogens is 2. The maximum atomic E-state index is 14.1. The second-order valence-corrected chi connectivity index (χ2v) is 8.77. The fraction of sp³-hybridized carbons (Fsp3) is 0.565. The molecular weight excluding hydrogens is 424 g/mol. The highest BCUT2D eigenvalue weighted by molar-refractivity contribution is 7.13. The van der Waals surface area contributed by atoms with Crippen molar-refractivity contribution >= 4 is 23.2 Å². The van der Waals surface area contributed by atoms with E-state index in [1.165, 1.54) is 35.5 Å². The van der Waals surface area contributed by atoms with E-state index in [1.807, 2.05) is 13.8 Å². The normalized spacial score (nSPS) is 19.9. The van der Waals surface area contributed by atoms with Crippen LogP contribution in [0.5, 0.6) is 0 Å². The molecule has 0 radical (unpaired) electrons. The first-order chi connectivity index (χ1) is 14.7. The summed E-state index contributed by atoms with van der Waals surface area (Å²) < 4.78 is 32.8. The lowest BCUT2D eigenvalue weighted by molar-refractivity contribution is -0.148. The Morgan fingerprint density at radius 1 is 1.45 bits per heavy atom. The molecule has 2 heterocycles. The molecule has 1 aliphatic rings. The predicted molar refractivity (Wildman–Crippen MR) is 116 cm³/mol. The first-order valence-corrected chi connectivity index (χ1v) is 11.2. The van der Waals surface area contributed by atoms with E-state index in [1.54, 1.807) is 12.1 Å². The molecule has 1 saturated heterocycles. The third-order valence-electron chi connectivity index (χ3n) is 5.15. The summed E-state index contributed by atoms with van der Waals surface area (Å²) in [7, 11) is 1.31. The van der Waals surface area contributed by atoms with Crippen molar-refractivity contribution in [1.29, 1.82) is 0 Å². The number of esters is 1. The van der Waals surface area contributed by atoms with Gasteiger partial charge in [0.05, 0.1) is 19.3 Å². The van der Waals surface area contributed by atoms with Crippen LogP contribution in [-0.4, -0.2) is 53.6 Å². The smallest absolute Gasteiger partial charge is 0.348 e. The number of thiophene rings is 1. The van der Waals surface area contributed by atoms with Crippen LogP contribution in [0, 0.1) is 17.8 Å². The van der Waals surface area contributed by atoms with Crippen LogP contribution < -0.4 is 0 Å². The number of ether oxygens (including phenoxy) is 1. The fourth-order valence-electron chi connectivity index (χ4n) is 3.32. The first-order valence-electron chi connectivity index (χ1n) is 10.4. The Labute approximate surface area is 186 Å². The summed E-state index contributed by atoms with van der Waals surface area (Å²) in [6.45, 7) is 3.95. The van der Waals surface area contributed by atoms with Gasteiger partial charge in [0, 0.05) is 30.7 Å². The number of carbonyl (C=O) groups is 2. The lowest BCUT2D eigenvalue weighted by Crippen LogP contribution is -2.36. The van der Waals surface area contributed by atoms with Crippen molar-refractivity contribution in [1.82, 2.24) is 4.90 Å². The number of aliphatic hydroxyl groups excluding tert-OH is 1. The third-order valence-corrected chi connectivity index (χ3v) is 6.27. The molecular formula is C23H29F2NO4S. The number of rotatable bonds is 9. The quantitative estimate of drug-likeness (QED) is 0.348. The standard InChI is InChI=1S/C23H29F2NO4S/c1-4-5-6-8-16(2)19(27)12-10-17-15-23(24,25)22(29)26(17)14-7-9-18-11-13-20(31-18)21(28)30-3/h10-13,16-17,19,27H,4,7-9,14-15H2,1-3H3/t16-,17-,19+/m0/s1. The molecule has 31 heavy (non-hydrogen) atoms. The third kappa shape index (κ3) is 6.88. The Bertz CT molecular complexity index is 855. The Hall–Kier alpha value is -2.24. The largest absolute Gasteiger partial charge is 0.465 e. The van der Waals surface area contributed by atoms with E-state index < -0.39 is 36.4 Å². The molecule has 0 saturated carbocycles. The summed E-state index contributed by atoms with van der Waals surface area (Å²) in [5, 5.41) is 10.3. The molecule has 2 rings (SSSR count). The lowest BCUT2D eigenvalue weighted by Gasteiger charge is -2.22. The molecule has 0 aromatic carbocycles. The zero-order valence-corrected chi connectivity index (χ0v) is 18.9. The number of methoxy groups -OCH3 is 1. The van der Waals surface area contributed by atoms with Crippen molar-refractivity contribution in [2.75, 3.05) is 13.7 Å². The topological polar surface area (TPSA) is 66.8 Å². The second-order valence-electron chi connectivity index (χ2n) is 7.60. The zero-order chi connectivity index (χ0) is 23.0. The number of likely N-dealkylation sites (tertiary alicyclic amines) is 1. The molecule has 1 fully saturated rings. The van der Waals surface area contributed by atoms with Crippen molar-refractivity contribution in [3.05, 3.63) is 34.0 Å². The Morgan fingerprint density at radius 2 is 2.19 bits per heavy atom. The summed E-state index contributed by atoms with van der Waals surface area (Å²) in [5.41, 5.74) is 0. The van der Waals surface area contributed by atoms with Crippen LogP contribution in [0.25, 0.3) is 0 Å². The van der Waals surface area contributed by atoms with Gasteiger partial charge in [0.1, 0.15) is 4.88 Å². The molecule has 0 aliphatic carbocycles. The molecule has 1 aromatic heterocycles. The number of carbonyl (C=O) groups excluding carboxylic acids is 2. The number of alkyl halides is 2. The average Bonchev–Trinajstić information content (AvgIpc) is 3.29. The minimum absolute atomic E-state index is 0.135. The number of hydrogen-bond acceptors (Lipinski definition) is 5. The van der Waals surface area contributed by atoms with Crippen molar-refractivity contribution in [2.24, 2.45) is 5.92 Å². The van der Waals surface area contributed by atoms with E-state index in [9.17, 15) is 23.5 Å². The summed E-state index contributed by atoms with van der Waals surface area (Å²) >= 11 is 1.29. The minimum atomic E-state index is -3.40. The van der Waals surface area contributed by atoms with Crippen LogP contribution >= 0.6 is 11.3 Å². The van der Waals surface area contributed by atoms with Gasteiger partial charge < -0.3 is 14.7 Å². The SMILES string of the molecule is CCC#CC[C@H](C)[C@H](O)C=C[C@H]1CC(F)(F)C(=O)N1CCCc1ccc(C(=O)OC)s1. The van der Waals surface area contributed by atoms with Crippen LogP contribution in [0.1, 0.15) is 54.1 Å². The van der Waals surface area contributed by atoms with Gasteiger partial charge in [-0.15, -0.1) is 23.2 Å². The number of nitrogens with zero attached hydrogens (tertiary/aromatic N) is 1. The summed E-state index contributed by atoms with van der Waals surface area (Å²) in [6, 6.07) is 2.70. The monoisotopic (exact) mass is 453 g/mol. The van der Waals surface area contributed by atoms with Gasteiger partial charge in [0.15, 0.2) is 0 Å². The first kappa shape index (κ1) is 25.0. The highest BCUT2D eigenvalue weighted by Crippen LogP contribution is 2.34. The van der Waals surface area contributed by atoms with E-state index in [-0.39, 0.29) is 12.5 Å². The predicted octanol–water partition coefficient (Wildman–Crippen LogP) is 4.06. The summed E-state index contributed by atoms with van der Waals surface area (Å²) in [6.07, 6.45) is 3.88. The van der Waals surface area contributed by atoms with Crippen molar-refractivity contribution in [3.8, 4) is 11.8 Å². The molecule has 1 N–H and O–H groups in total. The Balaban J connectivity index is 1.96. The highest BCUT2D eigenvalue weighted by atomic mass is 32.1. The van der Waals surface area contributed by atoms with Crippen molar-refractivity contribution in [2.45, 2.75) is 64.0 Å². The van der Waals surface area contributed by atoms with E-state index >= 15 is 0 Å². The van der Waals surface area contributed by atoms with Crippen LogP contribution in [0.4, 0.5) is 8.78 Å². The van der Waals surface area contributed by atoms with E-state index in [0.717, 1.165) is 11.3 Å². The Kier molecular flexibility index (Phi) is 9.20. The van der Waals surface area contributed by atoms with Crippen LogP contribution in [0.15, 0.2) is 24.3 Å². The average molecular weight is 454 g/mol. The van der Waals surface area contributed by atoms with Crippen molar-refractivity contribution in [3.63, 3.8) is 0 Å². The van der Waals surface area contributed by atoms with Gasteiger partial charge in [0.2, 0.25) is 0 Å². The molecule has 5 nitrogen and oxygen atoms in total. The van der Waals surface area contributed by atoms with Gasteiger partial charge in [-0.05, 0) is 30.9 Å². The minimum Gasteiger partial charge on any atom is -0.465 e. The van der Waals surface area contributed by atoms with Gasteiger partial charge in [-0.1, -0.05) is 26.0 Å². The lowest BCUT2D eigenvalue weighted by atomic mass is 9.99. The fourth-order valence-corrected chi connectivity index (χ4v) is 4.28. The number of aliphatic hydroxyl groups is 1. The maximum absolute atomic E-state index is 14.1. The van der Waals surface area contributed by atoms with Crippen molar-refractivity contribution < 1.29 is 28.2 Å². The second kappa shape index (κ2) is 11.4. The molecule has 1 aromatic rings. The molecule has 170 valence electrons. The maximum Gasteiger partial charge on any atom is 0.348 e. The summed E-state index contributed by atoms with van der Waals surface area (Å²) in [5.74, 6) is 0.781. The van der Waals surface area contributed by atoms with Gasteiger partial charge in [0.25, 0.3) is 5.91 Å². The number of amides is 1. The summed E-state index contributed by atoms with van der Waals surface area (Å²) in [4.78, 5) is 26.3. The van der Waals surface area contributed by atoms with Gasteiger partial charge >= 0.3 is 11.9 Å². The molecule has 1 aliphatic heterocycles. The van der Waals surface area contributed by atoms with Gasteiger partial charge in [-0.3, -0.25) is 4.79 Å². The number of hydrogen-bond donors (Lipinski definition) is 1. The van der Waals surface area contributed by atoms with E-state index in [2.05, 4.69) is 16.6 Å². The molecule has 0 spiro atoms. The van der Waals surface area contributed by atoms with Crippen LogP contribution in [-0.2, 0) is 16.0 Å². The molecule has 8 heteroatoms.